The second-order valence-corrected chi connectivity index (χ2v) is 5.36. The lowest BCUT2D eigenvalue weighted by molar-refractivity contribution is 0.474. The largest absolute Gasteiger partial charge is 0.455 e. The fourth-order valence-corrected chi connectivity index (χ4v) is 2.43. The highest BCUT2D eigenvalue weighted by Crippen LogP contribution is 2.28. The van der Waals surface area contributed by atoms with Gasteiger partial charge in [0.15, 0.2) is 0 Å². The zero-order valence-electron chi connectivity index (χ0n) is 10.7. The van der Waals surface area contributed by atoms with Gasteiger partial charge in [-0.1, -0.05) is 28.1 Å². The average Bonchev–Trinajstić information content (AvgIpc) is 2.48. The molecule has 0 spiro atoms. The minimum Gasteiger partial charge on any atom is -0.455 e. The number of halogens is 1. The molecule has 4 heteroatoms. The van der Waals surface area contributed by atoms with Crippen LogP contribution in [0.3, 0.4) is 0 Å². The number of hydrogen-bond acceptors (Lipinski definition) is 3. The second-order valence-electron chi connectivity index (χ2n) is 4.44. The molecule has 0 unspecified atom stereocenters. The lowest BCUT2D eigenvalue weighted by atomic mass is 10.1. The molecule has 2 aromatic carbocycles. The summed E-state index contributed by atoms with van der Waals surface area (Å²) in [5, 5.41) is 2.29. The van der Waals surface area contributed by atoms with E-state index in [1.165, 1.54) is 0 Å². The molecule has 3 nitrogen and oxygen atoms in total. The van der Waals surface area contributed by atoms with Crippen LogP contribution in [0.2, 0.25) is 0 Å². The van der Waals surface area contributed by atoms with Gasteiger partial charge in [0.2, 0.25) is 0 Å². The van der Waals surface area contributed by atoms with Gasteiger partial charge in [0, 0.05) is 22.8 Å². The van der Waals surface area contributed by atoms with E-state index >= 15 is 0 Å². The van der Waals surface area contributed by atoms with Gasteiger partial charge in [0.25, 0.3) is 0 Å². The number of nitrogens with two attached hydrogens (primary N) is 1. The first-order valence-electron chi connectivity index (χ1n) is 6.26. The molecular formula is C16H13BrN2O. The van der Waals surface area contributed by atoms with Crippen molar-refractivity contribution in [2.75, 3.05) is 0 Å². The molecule has 0 saturated heterocycles. The number of fused-ring (bicyclic) bond motifs is 1. The van der Waals surface area contributed by atoms with Gasteiger partial charge < -0.3 is 10.5 Å². The molecule has 2 N–H and O–H groups in total. The molecular weight excluding hydrogens is 316 g/mol. The summed E-state index contributed by atoms with van der Waals surface area (Å²) in [5.74, 6) is 1.48. The van der Waals surface area contributed by atoms with Crippen molar-refractivity contribution in [2.45, 2.75) is 6.54 Å². The molecule has 0 aliphatic carbocycles. The molecule has 1 aromatic heterocycles. The van der Waals surface area contributed by atoms with Crippen LogP contribution >= 0.6 is 15.9 Å². The monoisotopic (exact) mass is 328 g/mol. The number of nitrogens with zero attached hydrogens (tertiary/aromatic N) is 1. The highest BCUT2D eigenvalue weighted by atomic mass is 79.9. The van der Waals surface area contributed by atoms with E-state index < -0.39 is 0 Å². The standard InChI is InChI=1S/C16H13BrN2O/c17-14-3-1-12-8-15(4-2-11(12)7-14)20-16-10-19-6-5-13(16)9-18/h1-8,10H,9,18H2. The van der Waals surface area contributed by atoms with Gasteiger partial charge in [-0.3, -0.25) is 4.98 Å². The fraction of sp³-hybridized carbons (Fsp3) is 0.0625. The second kappa shape index (κ2) is 5.61. The highest BCUT2D eigenvalue weighted by molar-refractivity contribution is 9.10. The van der Waals surface area contributed by atoms with Crippen LogP contribution in [0.15, 0.2) is 59.3 Å². The van der Waals surface area contributed by atoms with Crippen LogP contribution < -0.4 is 10.5 Å². The molecule has 0 bridgehead atoms. The Morgan fingerprint density at radius 1 is 1.05 bits per heavy atom. The lowest BCUT2D eigenvalue weighted by Crippen LogP contribution is -1.99. The first kappa shape index (κ1) is 13.1. The normalized spacial score (nSPS) is 10.7. The summed E-state index contributed by atoms with van der Waals surface area (Å²) in [6, 6.07) is 14.0. The molecule has 0 fully saturated rings. The van der Waals surface area contributed by atoms with Gasteiger partial charge >= 0.3 is 0 Å². The van der Waals surface area contributed by atoms with Crippen molar-refractivity contribution in [2.24, 2.45) is 5.73 Å². The Labute approximate surface area is 125 Å². The maximum atomic E-state index is 5.88. The number of pyridine rings is 1. The van der Waals surface area contributed by atoms with Crippen molar-refractivity contribution in [1.82, 2.24) is 4.98 Å². The van der Waals surface area contributed by atoms with Crippen LogP contribution in [-0.4, -0.2) is 4.98 Å². The van der Waals surface area contributed by atoms with E-state index in [-0.39, 0.29) is 0 Å². The third-order valence-corrected chi connectivity index (χ3v) is 3.58. The Morgan fingerprint density at radius 2 is 1.85 bits per heavy atom. The van der Waals surface area contributed by atoms with Crippen LogP contribution in [0.4, 0.5) is 0 Å². The summed E-state index contributed by atoms with van der Waals surface area (Å²) in [7, 11) is 0. The molecule has 0 amide bonds. The van der Waals surface area contributed by atoms with Crippen molar-refractivity contribution in [3.8, 4) is 11.5 Å². The third kappa shape index (κ3) is 2.66. The number of aromatic nitrogens is 1. The molecule has 100 valence electrons. The Morgan fingerprint density at radius 3 is 2.70 bits per heavy atom. The van der Waals surface area contributed by atoms with E-state index in [0.717, 1.165) is 26.6 Å². The molecule has 0 radical (unpaired) electrons. The van der Waals surface area contributed by atoms with Crippen LogP contribution in [0.5, 0.6) is 11.5 Å². The zero-order valence-corrected chi connectivity index (χ0v) is 12.3. The average molecular weight is 329 g/mol. The van der Waals surface area contributed by atoms with Gasteiger partial charge in [-0.2, -0.15) is 0 Å². The van der Waals surface area contributed by atoms with Gasteiger partial charge in [-0.25, -0.2) is 0 Å². The minimum atomic E-state index is 0.429. The van der Waals surface area contributed by atoms with Crippen molar-refractivity contribution in [1.29, 1.82) is 0 Å². The smallest absolute Gasteiger partial charge is 0.150 e. The van der Waals surface area contributed by atoms with Crippen molar-refractivity contribution < 1.29 is 4.74 Å². The molecule has 0 aliphatic heterocycles. The number of ether oxygens (including phenoxy) is 1. The zero-order chi connectivity index (χ0) is 13.9. The van der Waals surface area contributed by atoms with Crippen molar-refractivity contribution >= 4 is 26.7 Å². The van der Waals surface area contributed by atoms with E-state index in [9.17, 15) is 0 Å². The lowest BCUT2D eigenvalue weighted by Gasteiger charge is -2.10. The van der Waals surface area contributed by atoms with E-state index in [0.29, 0.717) is 12.3 Å². The van der Waals surface area contributed by atoms with Crippen LogP contribution in [-0.2, 0) is 6.54 Å². The quantitative estimate of drug-likeness (QED) is 0.781. The Hall–Kier alpha value is -1.91. The number of rotatable bonds is 3. The van der Waals surface area contributed by atoms with Gasteiger partial charge in [-0.15, -0.1) is 0 Å². The maximum Gasteiger partial charge on any atom is 0.150 e. The van der Waals surface area contributed by atoms with Crippen molar-refractivity contribution in [3.63, 3.8) is 0 Å². The van der Waals surface area contributed by atoms with Crippen LogP contribution in [0, 0.1) is 0 Å². The Balaban J connectivity index is 1.96. The minimum absolute atomic E-state index is 0.429. The molecule has 20 heavy (non-hydrogen) atoms. The van der Waals surface area contributed by atoms with Gasteiger partial charge in [0.05, 0.1) is 6.20 Å². The van der Waals surface area contributed by atoms with Gasteiger partial charge in [0.1, 0.15) is 11.5 Å². The molecule has 3 aromatic rings. The fourth-order valence-electron chi connectivity index (χ4n) is 2.05. The predicted molar refractivity (Wildman–Crippen MR) is 83.9 cm³/mol. The summed E-state index contributed by atoms with van der Waals surface area (Å²) >= 11 is 3.47. The molecule has 0 aliphatic rings. The number of benzene rings is 2. The van der Waals surface area contributed by atoms with Crippen molar-refractivity contribution in [3.05, 3.63) is 64.9 Å². The molecule has 3 rings (SSSR count). The third-order valence-electron chi connectivity index (χ3n) is 3.09. The first-order chi connectivity index (χ1) is 9.76. The SMILES string of the molecule is NCc1ccncc1Oc1ccc2cc(Br)ccc2c1. The number of hydrogen-bond donors (Lipinski definition) is 1. The summed E-state index contributed by atoms with van der Waals surface area (Å²) in [6.07, 6.45) is 3.40. The van der Waals surface area contributed by atoms with E-state index in [4.69, 9.17) is 10.5 Å². The van der Waals surface area contributed by atoms with E-state index in [2.05, 4.69) is 33.0 Å². The molecule has 1 heterocycles. The summed E-state index contributed by atoms with van der Waals surface area (Å²) in [6.45, 7) is 0.429. The maximum absolute atomic E-state index is 5.88. The summed E-state index contributed by atoms with van der Waals surface area (Å²) in [4.78, 5) is 4.08. The van der Waals surface area contributed by atoms with Gasteiger partial charge in [-0.05, 0) is 41.1 Å². The Bertz CT molecular complexity index is 758. The van der Waals surface area contributed by atoms with Crippen LogP contribution in [0.1, 0.15) is 5.56 Å². The van der Waals surface area contributed by atoms with E-state index in [1.54, 1.807) is 12.4 Å². The highest BCUT2D eigenvalue weighted by Gasteiger charge is 2.04. The first-order valence-corrected chi connectivity index (χ1v) is 7.06. The van der Waals surface area contributed by atoms with E-state index in [1.807, 2.05) is 30.3 Å². The molecule has 0 atom stereocenters. The topological polar surface area (TPSA) is 48.1 Å². The van der Waals surface area contributed by atoms with Crippen LogP contribution in [0.25, 0.3) is 10.8 Å². The summed E-state index contributed by atoms with van der Waals surface area (Å²) < 4.78 is 6.95. The Kier molecular flexibility index (Phi) is 3.67. The predicted octanol–water partition coefficient (Wildman–Crippen LogP) is 4.25. The molecule has 0 saturated carbocycles. The summed E-state index contributed by atoms with van der Waals surface area (Å²) in [5.41, 5.74) is 6.64.